The molecule has 62 valence electrons. The van der Waals surface area contributed by atoms with Crippen LogP contribution in [0.25, 0.3) is 0 Å². The molecule has 0 aromatic rings. The minimum atomic E-state index is 0.0622. The van der Waals surface area contributed by atoms with Gasteiger partial charge in [-0.1, -0.05) is 38.7 Å². The van der Waals surface area contributed by atoms with E-state index in [4.69, 9.17) is 0 Å². The first-order valence-corrected chi connectivity index (χ1v) is 3.73. The Morgan fingerprint density at radius 3 is 2.73 bits per heavy atom. The van der Waals surface area contributed by atoms with Gasteiger partial charge in [-0.3, -0.25) is 4.79 Å². The van der Waals surface area contributed by atoms with Crippen LogP contribution in [-0.4, -0.2) is 12.5 Å². The quantitative estimate of drug-likeness (QED) is 0.609. The fourth-order valence-electron chi connectivity index (χ4n) is 0.528. The van der Waals surface area contributed by atoms with Gasteiger partial charge in [0.15, 0.2) is 0 Å². The second-order valence-electron chi connectivity index (χ2n) is 2.56. The van der Waals surface area contributed by atoms with Crippen molar-refractivity contribution in [2.24, 2.45) is 5.92 Å². The van der Waals surface area contributed by atoms with Gasteiger partial charge in [0.1, 0.15) is 0 Å². The van der Waals surface area contributed by atoms with Crippen molar-refractivity contribution < 1.29 is 4.79 Å². The summed E-state index contributed by atoms with van der Waals surface area (Å²) in [6.45, 7) is 7.83. The van der Waals surface area contributed by atoms with Gasteiger partial charge in [0.2, 0.25) is 5.91 Å². The summed E-state index contributed by atoms with van der Waals surface area (Å²) < 4.78 is 0. The molecule has 0 radical (unpaired) electrons. The van der Waals surface area contributed by atoms with E-state index in [1.165, 1.54) is 0 Å². The van der Waals surface area contributed by atoms with Crippen LogP contribution in [0.1, 0.15) is 13.8 Å². The Labute approximate surface area is 68.0 Å². The SMILES string of the molecule is C=C/C=C\CNC(=O)C(C)C. The van der Waals surface area contributed by atoms with E-state index in [0.717, 1.165) is 0 Å². The topological polar surface area (TPSA) is 29.1 Å². The molecule has 0 saturated carbocycles. The summed E-state index contributed by atoms with van der Waals surface area (Å²) >= 11 is 0. The predicted octanol–water partition coefficient (Wildman–Crippen LogP) is 1.50. The van der Waals surface area contributed by atoms with Gasteiger partial charge < -0.3 is 5.32 Å². The fraction of sp³-hybridized carbons (Fsp3) is 0.444. The Bertz CT molecular complexity index is 159. The van der Waals surface area contributed by atoms with Crippen molar-refractivity contribution >= 4 is 5.91 Å². The van der Waals surface area contributed by atoms with Crippen molar-refractivity contribution in [2.45, 2.75) is 13.8 Å². The predicted molar refractivity (Wildman–Crippen MR) is 47.2 cm³/mol. The molecule has 1 amide bonds. The maximum Gasteiger partial charge on any atom is 0.222 e. The first kappa shape index (κ1) is 9.95. The van der Waals surface area contributed by atoms with E-state index in [1.54, 1.807) is 12.2 Å². The molecule has 0 aliphatic carbocycles. The highest BCUT2D eigenvalue weighted by atomic mass is 16.1. The summed E-state index contributed by atoms with van der Waals surface area (Å²) in [6, 6.07) is 0. The van der Waals surface area contributed by atoms with Gasteiger partial charge in [-0.25, -0.2) is 0 Å². The number of allylic oxidation sites excluding steroid dienone is 2. The Kier molecular flexibility index (Phi) is 5.17. The molecule has 0 aromatic heterocycles. The molecule has 2 heteroatoms. The van der Waals surface area contributed by atoms with Crippen LogP contribution >= 0.6 is 0 Å². The molecule has 1 N–H and O–H groups in total. The van der Waals surface area contributed by atoms with Crippen LogP contribution in [0.5, 0.6) is 0 Å². The second-order valence-corrected chi connectivity index (χ2v) is 2.56. The lowest BCUT2D eigenvalue weighted by Gasteiger charge is -2.03. The van der Waals surface area contributed by atoms with Gasteiger partial charge in [0.25, 0.3) is 0 Å². The van der Waals surface area contributed by atoms with Crippen LogP contribution in [0.2, 0.25) is 0 Å². The summed E-state index contributed by atoms with van der Waals surface area (Å²) in [6.07, 6.45) is 5.34. The monoisotopic (exact) mass is 153 g/mol. The van der Waals surface area contributed by atoms with Gasteiger partial charge in [-0.2, -0.15) is 0 Å². The maximum atomic E-state index is 10.9. The third-order valence-corrected chi connectivity index (χ3v) is 1.19. The highest BCUT2D eigenvalue weighted by Crippen LogP contribution is 1.89. The number of carbonyl (C=O) groups excluding carboxylic acids is 1. The molecular formula is C9H15NO. The largest absolute Gasteiger partial charge is 0.352 e. The molecule has 0 fully saturated rings. The van der Waals surface area contributed by atoms with Crippen molar-refractivity contribution in [2.75, 3.05) is 6.54 Å². The van der Waals surface area contributed by atoms with Crippen LogP contribution in [0.15, 0.2) is 24.8 Å². The van der Waals surface area contributed by atoms with Crippen molar-refractivity contribution in [3.63, 3.8) is 0 Å². The molecule has 0 aliphatic heterocycles. The van der Waals surface area contributed by atoms with Crippen molar-refractivity contribution in [1.29, 1.82) is 0 Å². The van der Waals surface area contributed by atoms with E-state index in [1.807, 2.05) is 19.9 Å². The van der Waals surface area contributed by atoms with E-state index in [-0.39, 0.29) is 11.8 Å². The number of rotatable bonds is 4. The van der Waals surface area contributed by atoms with Crippen molar-refractivity contribution in [3.05, 3.63) is 24.8 Å². The summed E-state index contributed by atoms with van der Waals surface area (Å²) in [7, 11) is 0. The molecular weight excluding hydrogens is 138 g/mol. The van der Waals surface area contributed by atoms with Crippen LogP contribution in [0.3, 0.4) is 0 Å². The Hall–Kier alpha value is -1.05. The molecule has 0 aromatic carbocycles. The average molecular weight is 153 g/mol. The van der Waals surface area contributed by atoms with Gasteiger partial charge >= 0.3 is 0 Å². The minimum absolute atomic E-state index is 0.0622. The summed E-state index contributed by atoms with van der Waals surface area (Å²) in [5.74, 6) is 0.144. The van der Waals surface area contributed by atoms with Crippen LogP contribution < -0.4 is 5.32 Å². The highest BCUT2D eigenvalue weighted by molar-refractivity contribution is 5.77. The van der Waals surface area contributed by atoms with E-state index in [9.17, 15) is 4.79 Å². The van der Waals surface area contributed by atoms with Gasteiger partial charge in [0.05, 0.1) is 0 Å². The summed E-state index contributed by atoms with van der Waals surface area (Å²) in [5.41, 5.74) is 0. The number of carbonyl (C=O) groups is 1. The maximum absolute atomic E-state index is 10.9. The molecule has 0 aliphatic rings. The standard InChI is InChI=1S/C9H15NO/c1-4-5-6-7-10-9(11)8(2)3/h4-6,8H,1,7H2,2-3H3,(H,10,11)/b6-5-. The summed E-state index contributed by atoms with van der Waals surface area (Å²) in [5, 5.41) is 2.74. The number of nitrogens with one attached hydrogen (secondary N) is 1. The van der Waals surface area contributed by atoms with Crippen molar-refractivity contribution in [3.8, 4) is 0 Å². The molecule has 0 heterocycles. The van der Waals surface area contributed by atoms with E-state index < -0.39 is 0 Å². The number of hydrogen-bond acceptors (Lipinski definition) is 1. The lowest BCUT2D eigenvalue weighted by Crippen LogP contribution is -2.27. The zero-order valence-corrected chi connectivity index (χ0v) is 7.13. The Balaban J connectivity index is 3.46. The molecule has 0 unspecified atom stereocenters. The Morgan fingerprint density at radius 2 is 2.27 bits per heavy atom. The minimum Gasteiger partial charge on any atom is -0.352 e. The molecule has 0 bridgehead atoms. The van der Waals surface area contributed by atoms with Crippen LogP contribution in [0, 0.1) is 5.92 Å². The Morgan fingerprint density at radius 1 is 1.64 bits per heavy atom. The summed E-state index contributed by atoms with van der Waals surface area (Å²) in [4.78, 5) is 10.9. The molecule has 0 atom stereocenters. The first-order chi connectivity index (χ1) is 5.18. The van der Waals surface area contributed by atoms with E-state index in [0.29, 0.717) is 6.54 Å². The fourth-order valence-corrected chi connectivity index (χ4v) is 0.528. The van der Waals surface area contributed by atoms with E-state index >= 15 is 0 Å². The van der Waals surface area contributed by atoms with Gasteiger partial charge in [-0.15, -0.1) is 0 Å². The smallest absolute Gasteiger partial charge is 0.222 e. The number of hydrogen-bond donors (Lipinski definition) is 1. The normalized spacial score (nSPS) is 10.5. The lowest BCUT2D eigenvalue weighted by atomic mass is 10.2. The molecule has 0 spiro atoms. The lowest BCUT2D eigenvalue weighted by molar-refractivity contribution is -0.123. The van der Waals surface area contributed by atoms with E-state index in [2.05, 4.69) is 11.9 Å². The molecule has 2 nitrogen and oxygen atoms in total. The second kappa shape index (κ2) is 5.71. The first-order valence-electron chi connectivity index (χ1n) is 3.73. The molecule has 11 heavy (non-hydrogen) atoms. The van der Waals surface area contributed by atoms with Crippen LogP contribution in [-0.2, 0) is 4.79 Å². The average Bonchev–Trinajstić information content (AvgIpc) is 1.97. The zero-order chi connectivity index (χ0) is 8.69. The van der Waals surface area contributed by atoms with Gasteiger partial charge in [-0.05, 0) is 0 Å². The third-order valence-electron chi connectivity index (χ3n) is 1.19. The van der Waals surface area contributed by atoms with Crippen LogP contribution in [0.4, 0.5) is 0 Å². The molecule has 0 rings (SSSR count). The van der Waals surface area contributed by atoms with Crippen molar-refractivity contribution in [1.82, 2.24) is 5.32 Å². The molecule has 0 saturated heterocycles. The zero-order valence-electron chi connectivity index (χ0n) is 7.13. The highest BCUT2D eigenvalue weighted by Gasteiger charge is 2.02. The van der Waals surface area contributed by atoms with Gasteiger partial charge in [0, 0.05) is 12.5 Å². The number of amides is 1. The third kappa shape index (κ3) is 5.40.